The average molecular weight is 457 g/mol. The second-order valence-corrected chi connectivity index (χ2v) is 8.59. The van der Waals surface area contributed by atoms with Crippen LogP contribution in [0.3, 0.4) is 0 Å². The van der Waals surface area contributed by atoms with Gasteiger partial charge >= 0.3 is 0 Å². The molecule has 33 heavy (non-hydrogen) atoms. The van der Waals surface area contributed by atoms with Crippen LogP contribution in [0, 0.1) is 11.3 Å². The Morgan fingerprint density at radius 3 is 2.36 bits per heavy atom. The van der Waals surface area contributed by atoms with E-state index in [0.717, 1.165) is 24.8 Å². The summed E-state index contributed by atoms with van der Waals surface area (Å²) in [5.41, 5.74) is 1.54. The fourth-order valence-corrected chi connectivity index (χ4v) is 4.13. The Bertz CT molecular complexity index is 1030. The second-order valence-electron chi connectivity index (χ2n) is 8.59. The Morgan fingerprint density at radius 2 is 1.79 bits per heavy atom. The van der Waals surface area contributed by atoms with E-state index in [4.69, 9.17) is 9.47 Å². The van der Waals surface area contributed by atoms with Gasteiger partial charge in [0.05, 0.1) is 29.9 Å². The third kappa shape index (κ3) is 4.42. The number of nitrogens with zero attached hydrogens (tertiary/aromatic N) is 1. The number of hydrogen-bond donors (Lipinski definition) is 6. The van der Waals surface area contributed by atoms with Crippen LogP contribution in [0.4, 0.5) is 0 Å². The minimum absolute atomic E-state index is 0.0147. The number of aromatic hydroxyl groups is 1. The van der Waals surface area contributed by atoms with Gasteiger partial charge in [-0.3, -0.25) is 0 Å². The summed E-state index contributed by atoms with van der Waals surface area (Å²) in [6.45, 7) is -0.706. The summed E-state index contributed by atoms with van der Waals surface area (Å²) in [5.74, 6) is -2.30. The number of benzene rings is 2. The highest BCUT2D eigenvalue weighted by Gasteiger charge is 2.55. The molecule has 2 aromatic carbocycles. The minimum atomic E-state index is -2.51. The molecule has 0 spiro atoms. The van der Waals surface area contributed by atoms with E-state index in [1.165, 1.54) is 24.3 Å². The molecule has 5 atom stereocenters. The van der Waals surface area contributed by atoms with Gasteiger partial charge in [0.15, 0.2) is 0 Å². The van der Waals surface area contributed by atoms with Crippen LogP contribution in [0.25, 0.3) is 0 Å². The van der Waals surface area contributed by atoms with E-state index < -0.39 is 36.8 Å². The summed E-state index contributed by atoms with van der Waals surface area (Å²) in [4.78, 5) is 0. The molecule has 9 heteroatoms. The van der Waals surface area contributed by atoms with E-state index in [0.29, 0.717) is 5.56 Å². The summed E-state index contributed by atoms with van der Waals surface area (Å²) >= 11 is 0. The normalized spacial score (nSPS) is 29.8. The zero-order valence-corrected chi connectivity index (χ0v) is 17.8. The van der Waals surface area contributed by atoms with Crippen LogP contribution < -0.4 is 4.74 Å². The molecule has 1 saturated carbocycles. The zero-order chi connectivity index (χ0) is 23.8. The quantitative estimate of drug-likeness (QED) is 0.360. The molecule has 0 aromatic heterocycles. The first-order valence-electron chi connectivity index (χ1n) is 10.8. The van der Waals surface area contributed by atoms with Crippen molar-refractivity contribution < 1.29 is 40.1 Å². The molecule has 1 saturated heterocycles. The van der Waals surface area contributed by atoms with Gasteiger partial charge in [-0.1, -0.05) is 12.1 Å². The molecular formula is C24H27NO8. The van der Waals surface area contributed by atoms with Gasteiger partial charge in [-0.15, -0.1) is 0 Å². The van der Waals surface area contributed by atoms with Gasteiger partial charge in [0.25, 0.3) is 0 Å². The summed E-state index contributed by atoms with van der Waals surface area (Å²) < 4.78 is 11.5. The summed E-state index contributed by atoms with van der Waals surface area (Å²) in [5, 5.41) is 71.4. The molecule has 1 aliphatic heterocycles. The van der Waals surface area contributed by atoms with Crippen molar-refractivity contribution in [1.82, 2.24) is 0 Å². The third-order valence-corrected chi connectivity index (χ3v) is 6.35. The molecule has 2 aliphatic rings. The van der Waals surface area contributed by atoms with Gasteiger partial charge in [-0.05, 0) is 61.1 Å². The average Bonchev–Trinajstić information content (AvgIpc) is 2.79. The lowest BCUT2D eigenvalue weighted by molar-refractivity contribution is -0.358. The molecule has 4 rings (SSSR count). The second kappa shape index (κ2) is 9.27. The summed E-state index contributed by atoms with van der Waals surface area (Å²) in [7, 11) is 0. The van der Waals surface area contributed by atoms with E-state index in [1.54, 1.807) is 12.1 Å². The number of aliphatic hydroxyl groups excluding tert-OH is 4. The molecule has 176 valence electrons. The van der Waals surface area contributed by atoms with Crippen molar-refractivity contribution in [2.75, 3.05) is 6.61 Å². The first-order valence-corrected chi connectivity index (χ1v) is 10.8. The van der Waals surface area contributed by atoms with Crippen molar-refractivity contribution in [3.05, 3.63) is 58.7 Å². The van der Waals surface area contributed by atoms with Crippen molar-refractivity contribution in [2.45, 2.75) is 62.0 Å². The van der Waals surface area contributed by atoms with Crippen LogP contribution in [0.5, 0.6) is 11.5 Å². The monoisotopic (exact) mass is 457 g/mol. The number of rotatable bonds is 6. The fourth-order valence-electron chi connectivity index (χ4n) is 4.13. The highest BCUT2D eigenvalue weighted by Crippen LogP contribution is 2.43. The largest absolute Gasteiger partial charge is 0.508 e. The van der Waals surface area contributed by atoms with Gasteiger partial charge < -0.3 is 40.1 Å². The lowest BCUT2D eigenvalue weighted by Gasteiger charge is -2.46. The lowest BCUT2D eigenvalue weighted by atomic mass is 9.85. The van der Waals surface area contributed by atoms with E-state index in [9.17, 15) is 35.9 Å². The third-order valence-electron chi connectivity index (χ3n) is 6.35. The number of nitriles is 1. The maximum Gasteiger partial charge on any atom is 0.226 e. The molecule has 1 heterocycles. The number of ether oxygens (including phenoxy) is 2. The van der Waals surface area contributed by atoms with Crippen molar-refractivity contribution in [1.29, 1.82) is 5.26 Å². The lowest BCUT2D eigenvalue weighted by Crippen LogP contribution is -2.63. The van der Waals surface area contributed by atoms with Gasteiger partial charge in [0, 0.05) is 0 Å². The van der Waals surface area contributed by atoms with Crippen molar-refractivity contribution in [3.63, 3.8) is 0 Å². The van der Waals surface area contributed by atoms with Gasteiger partial charge in [-0.2, -0.15) is 5.26 Å². The Labute approximate surface area is 190 Å². The van der Waals surface area contributed by atoms with E-state index in [-0.39, 0.29) is 35.2 Å². The van der Waals surface area contributed by atoms with Crippen LogP contribution in [-0.4, -0.2) is 67.8 Å². The van der Waals surface area contributed by atoms with Crippen LogP contribution in [0.2, 0.25) is 0 Å². The van der Waals surface area contributed by atoms with Crippen LogP contribution in [0.1, 0.15) is 41.5 Å². The van der Waals surface area contributed by atoms with Crippen molar-refractivity contribution in [2.24, 2.45) is 0 Å². The van der Waals surface area contributed by atoms with Gasteiger partial charge in [0.1, 0.15) is 35.9 Å². The molecule has 9 nitrogen and oxygen atoms in total. The molecule has 0 bridgehead atoms. The molecular weight excluding hydrogens is 430 g/mol. The molecule has 6 N–H and O–H groups in total. The highest BCUT2D eigenvalue weighted by molar-refractivity contribution is 5.52. The van der Waals surface area contributed by atoms with E-state index >= 15 is 0 Å². The topological polar surface area (TPSA) is 164 Å². The Hall–Kier alpha value is -2.71. The molecule has 2 fully saturated rings. The molecule has 0 amide bonds. The number of hydrogen-bond acceptors (Lipinski definition) is 9. The SMILES string of the molecule is N#Cc1cc(OC2CCC2)c([C@@]2(O)O[C@H](CO)[C@@H](O)[C@H](O)[C@H]2O)cc1Cc1ccc(O)cc1. The van der Waals surface area contributed by atoms with Crippen LogP contribution >= 0.6 is 0 Å². The number of phenols is 1. The smallest absolute Gasteiger partial charge is 0.226 e. The molecule has 0 radical (unpaired) electrons. The number of aliphatic hydroxyl groups is 5. The van der Waals surface area contributed by atoms with E-state index in [2.05, 4.69) is 6.07 Å². The maximum atomic E-state index is 11.4. The summed E-state index contributed by atoms with van der Waals surface area (Å²) in [6.07, 6.45) is -4.03. The van der Waals surface area contributed by atoms with Crippen LogP contribution in [-0.2, 0) is 16.9 Å². The minimum Gasteiger partial charge on any atom is -0.508 e. The van der Waals surface area contributed by atoms with Gasteiger partial charge in [-0.25, -0.2) is 0 Å². The molecule has 2 aromatic rings. The molecule has 0 unspecified atom stereocenters. The van der Waals surface area contributed by atoms with Crippen molar-refractivity contribution in [3.8, 4) is 17.6 Å². The first-order chi connectivity index (χ1) is 15.8. The Morgan fingerprint density at radius 1 is 1.09 bits per heavy atom. The molecule has 1 aliphatic carbocycles. The maximum absolute atomic E-state index is 11.4. The fraction of sp³-hybridized carbons (Fsp3) is 0.458. The predicted molar refractivity (Wildman–Crippen MR) is 114 cm³/mol. The standard InChI is InChI=1S/C24H27NO8/c25-11-15-10-19(32-17-2-1-3-17)18(9-14(15)8-13-4-6-16(27)7-5-13)24(31)23(30)22(29)21(28)20(12-26)33-24/h4-7,9-10,17,20-23,26-31H,1-3,8,12H2/t20-,21-,22+,23-,24-/m1/s1. The highest BCUT2D eigenvalue weighted by atomic mass is 16.7. The zero-order valence-electron chi connectivity index (χ0n) is 17.8. The van der Waals surface area contributed by atoms with Crippen LogP contribution in [0.15, 0.2) is 36.4 Å². The van der Waals surface area contributed by atoms with Gasteiger partial charge in [0.2, 0.25) is 5.79 Å². The first kappa shape index (κ1) is 23.4. The Balaban J connectivity index is 1.81. The number of phenolic OH excluding ortho intramolecular Hbond substituents is 1. The summed E-state index contributed by atoms with van der Waals surface area (Å²) in [6, 6.07) is 11.5. The predicted octanol–water partition coefficient (Wildman–Crippen LogP) is 0.405. The Kier molecular flexibility index (Phi) is 6.59. The van der Waals surface area contributed by atoms with Crippen molar-refractivity contribution >= 4 is 0 Å². The van der Waals surface area contributed by atoms with E-state index in [1.807, 2.05) is 0 Å².